The van der Waals surface area contributed by atoms with Crippen LogP contribution < -0.4 is 10.9 Å². The van der Waals surface area contributed by atoms with Crippen LogP contribution in [0, 0.1) is 0 Å². The van der Waals surface area contributed by atoms with E-state index in [2.05, 4.69) is 32.9 Å². The van der Waals surface area contributed by atoms with Crippen LogP contribution in [0.2, 0.25) is 0 Å². The van der Waals surface area contributed by atoms with Gasteiger partial charge in [-0.2, -0.15) is 0 Å². The lowest BCUT2D eigenvalue weighted by Crippen LogP contribution is -2.08. The predicted molar refractivity (Wildman–Crippen MR) is 95.5 cm³/mol. The van der Waals surface area contributed by atoms with Gasteiger partial charge < -0.3 is 15.4 Å². The third-order valence-corrected chi connectivity index (χ3v) is 4.06. The molecule has 0 spiro atoms. The highest BCUT2D eigenvalue weighted by molar-refractivity contribution is 14.1. The fraction of sp³-hybridized carbons (Fsp3) is 0.312. The molecule has 0 saturated heterocycles. The molecule has 5 heteroatoms. The van der Waals surface area contributed by atoms with Gasteiger partial charge >= 0.3 is 0 Å². The maximum atomic E-state index is 11.6. The van der Waals surface area contributed by atoms with Crippen LogP contribution in [-0.2, 0) is 6.42 Å². The molecular formula is C16H19IN2O2. The second-order valence-corrected chi connectivity index (χ2v) is 5.85. The maximum absolute atomic E-state index is 11.6. The van der Waals surface area contributed by atoms with Gasteiger partial charge in [0.05, 0.1) is 5.69 Å². The molecule has 112 valence electrons. The molecule has 1 heterocycles. The molecule has 0 aliphatic carbocycles. The number of anilines is 1. The van der Waals surface area contributed by atoms with Crippen LogP contribution in [0.1, 0.15) is 18.9 Å². The average molecular weight is 398 g/mol. The monoisotopic (exact) mass is 398 g/mol. The second-order valence-electron chi connectivity index (χ2n) is 4.77. The summed E-state index contributed by atoms with van der Waals surface area (Å²) in [6.45, 7) is 2.91. The molecule has 0 aliphatic rings. The summed E-state index contributed by atoms with van der Waals surface area (Å²) in [5.41, 5.74) is 3.13. The zero-order valence-corrected chi connectivity index (χ0v) is 14.1. The van der Waals surface area contributed by atoms with E-state index >= 15 is 0 Å². The Morgan fingerprint density at radius 1 is 1.29 bits per heavy atom. The lowest BCUT2D eigenvalue weighted by molar-refractivity contribution is 0.467. The highest BCUT2D eigenvalue weighted by atomic mass is 127. The molecule has 0 atom stereocenters. The van der Waals surface area contributed by atoms with Crippen molar-refractivity contribution in [2.45, 2.75) is 19.8 Å². The zero-order valence-electron chi connectivity index (χ0n) is 11.9. The van der Waals surface area contributed by atoms with E-state index in [1.165, 1.54) is 6.07 Å². The number of H-pyrrole nitrogens is 1. The normalized spacial score (nSPS) is 10.6. The smallest absolute Gasteiger partial charge is 0.252 e. The molecule has 4 nitrogen and oxygen atoms in total. The number of alkyl halides is 1. The largest absolute Gasteiger partial charge is 0.507 e. The van der Waals surface area contributed by atoms with Crippen molar-refractivity contribution in [3.8, 4) is 17.0 Å². The highest BCUT2D eigenvalue weighted by Gasteiger charge is 2.10. The fourth-order valence-electron chi connectivity index (χ4n) is 2.23. The molecular weight excluding hydrogens is 379 g/mol. The lowest BCUT2D eigenvalue weighted by Gasteiger charge is -2.11. The van der Waals surface area contributed by atoms with Crippen LogP contribution in [-0.4, -0.2) is 21.1 Å². The van der Waals surface area contributed by atoms with Crippen molar-refractivity contribution in [3.63, 3.8) is 0 Å². The summed E-state index contributed by atoms with van der Waals surface area (Å²) in [7, 11) is 0. The van der Waals surface area contributed by atoms with Crippen molar-refractivity contribution in [2.75, 3.05) is 16.3 Å². The molecule has 0 unspecified atom stereocenters. The number of hydrogen-bond acceptors (Lipinski definition) is 3. The molecule has 1 aromatic heterocycles. The molecule has 2 rings (SSSR count). The lowest BCUT2D eigenvalue weighted by atomic mass is 10.0. The van der Waals surface area contributed by atoms with E-state index in [0.29, 0.717) is 12.1 Å². The number of halogens is 1. The van der Waals surface area contributed by atoms with Crippen molar-refractivity contribution in [1.29, 1.82) is 0 Å². The van der Waals surface area contributed by atoms with E-state index in [1.54, 1.807) is 0 Å². The maximum Gasteiger partial charge on any atom is 0.252 e. The number of aromatic hydroxyl groups is 1. The predicted octanol–water partition coefficient (Wildman–Crippen LogP) is 3.55. The topological polar surface area (TPSA) is 65.1 Å². The van der Waals surface area contributed by atoms with Gasteiger partial charge in [-0.05, 0) is 30.5 Å². The Morgan fingerprint density at radius 2 is 2.00 bits per heavy atom. The fourth-order valence-corrected chi connectivity index (χ4v) is 2.61. The van der Waals surface area contributed by atoms with E-state index in [0.717, 1.165) is 34.2 Å². The Bertz CT molecular complexity index is 650. The number of nitrogens with one attached hydrogen (secondary N) is 2. The van der Waals surface area contributed by atoms with Gasteiger partial charge in [-0.3, -0.25) is 4.79 Å². The second kappa shape index (κ2) is 7.49. The Hall–Kier alpha value is -1.50. The summed E-state index contributed by atoms with van der Waals surface area (Å²) in [5.74, 6) is 0.0560. The molecule has 0 radical (unpaired) electrons. The standard InChI is InChI=1S/C16H19IN2O2/c1-2-13-14(20)10-15(21)19-16(13)11-4-6-12(7-5-11)18-9-3-8-17/h4-7,10,18H,2-3,8-9H2,1H3,(H2,19,20,21). The molecule has 1 aromatic carbocycles. The highest BCUT2D eigenvalue weighted by Crippen LogP contribution is 2.27. The van der Waals surface area contributed by atoms with E-state index < -0.39 is 0 Å². The molecule has 0 fully saturated rings. The van der Waals surface area contributed by atoms with Gasteiger partial charge in [0, 0.05) is 28.3 Å². The van der Waals surface area contributed by atoms with Gasteiger partial charge in [0.1, 0.15) is 5.75 Å². The molecule has 2 aromatic rings. The third kappa shape index (κ3) is 4.00. The van der Waals surface area contributed by atoms with E-state index in [9.17, 15) is 9.90 Å². The molecule has 0 aliphatic heterocycles. The van der Waals surface area contributed by atoms with Crippen molar-refractivity contribution in [3.05, 3.63) is 46.2 Å². The molecule has 0 saturated carbocycles. The van der Waals surface area contributed by atoms with Crippen LogP contribution in [0.3, 0.4) is 0 Å². The van der Waals surface area contributed by atoms with Crippen molar-refractivity contribution in [2.24, 2.45) is 0 Å². The van der Waals surface area contributed by atoms with Crippen LogP contribution in [0.4, 0.5) is 5.69 Å². The number of aromatic nitrogens is 1. The van der Waals surface area contributed by atoms with Crippen molar-refractivity contribution in [1.82, 2.24) is 4.98 Å². The van der Waals surface area contributed by atoms with Crippen molar-refractivity contribution < 1.29 is 5.11 Å². The molecule has 0 amide bonds. The zero-order chi connectivity index (χ0) is 15.2. The summed E-state index contributed by atoms with van der Waals surface area (Å²) in [5, 5.41) is 13.2. The first-order valence-corrected chi connectivity index (χ1v) is 8.53. The van der Waals surface area contributed by atoms with Gasteiger partial charge in [0.15, 0.2) is 0 Å². The number of benzene rings is 1. The minimum absolute atomic E-state index is 0.0560. The van der Waals surface area contributed by atoms with Crippen LogP contribution >= 0.6 is 22.6 Å². The van der Waals surface area contributed by atoms with Gasteiger partial charge in [0.25, 0.3) is 5.56 Å². The minimum atomic E-state index is -0.288. The number of rotatable bonds is 6. The first-order chi connectivity index (χ1) is 10.2. The number of pyridine rings is 1. The molecule has 0 bridgehead atoms. The van der Waals surface area contributed by atoms with Gasteiger partial charge in [0.2, 0.25) is 0 Å². The van der Waals surface area contributed by atoms with Gasteiger partial charge in [-0.25, -0.2) is 0 Å². The summed E-state index contributed by atoms with van der Waals surface area (Å²) >= 11 is 2.36. The summed E-state index contributed by atoms with van der Waals surface area (Å²) in [6.07, 6.45) is 1.79. The number of hydrogen-bond donors (Lipinski definition) is 3. The quantitative estimate of drug-likeness (QED) is 0.396. The Morgan fingerprint density at radius 3 is 2.62 bits per heavy atom. The Labute approximate surface area is 137 Å². The molecule has 21 heavy (non-hydrogen) atoms. The van der Waals surface area contributed by atoms with E-state index in [-0.39, 0.29) is 11.3 Å². The third-order valence-electron chi connectivity index (χ3n) is 3.29. The summed E-state index contributed by atoms with van der Waals surface area (Å²) < 4.78 is 1.13. The Balaban J connectivity index is 2.28. The number of aromatic amines is 1. The first-order valence-electron chi connectivity index (χ1n) is 7.01. The van der Waals surface area contributed by atoms with Crippen molar-refractivity contribution >= 4 is 28.3 Å². The summed E-state index contributed by atoms with van der Waals surface area (Å²) in [6, 6.07) is 9.11. The van der Waals surface area contributed by atoms with E-state index in [4.69, 9.17) is 0 Å². The SMILES string of the molecule is CCc1c(O)cc(=O)[nH]c1-c1ccc(NCCCI)cc1. The van der Waals surface area contributed by atoms with Gasteiger partial charge in [-0.15, -0.1) is 0 Å². The van der Waals surface area contributed by atoms with Crippen LogP contribution in [0.5, 0.6) is 5.75 Å². The van der Waals surface area contributed by atoms with Gasteiger partial charge in [-0.1, -0.05) is 41.6 Å². The average Bonchev–Trinajstić information content (AvgIpc) is 2.47. The van der Waals surface area contributed by atoms with Crippen LogP contribution in [0.15, 0.2) is 35.1 Å². The Kier molecular flexibility index (Phi) is 5.67. The van der Waals surface area contributed by atoms with Crippen LogP contribution in [0.25, 0.3) is 11.3 Å². The molecule has 3 N–H and O–H groups in total. The first kappa shape index (κ1) is 15.9. The van der Waals surface area contributed by atoms with E-state index in [1.807, 2.05) is 31.2 Å². The summed E-state index contributed by atoms with van der Waals surface area (Å²) in [4.78, 5) is 14.4. The minimum Gasteiger partial charge on any atom is -0.507 e.